The van der Waals surface area contributed by atoms with Crippen molar-refractivity contribution in [1.29, 1.82) is 10.5 Å². The minimum absolute atomic E-state index is 0.223. The van der Waals surface area contributed by atoms with Crippen molar-refractivity contribution >= 4 is 5.84 Å². The van der Waals surface area contributed by atoms with Crippen LogP contribution in [0.15, 0.2) is 4.99 Å². The number of aliphatic imine (C=N–C) groups is 1. The Hall–Kier alpha value is -1.63. The van der Waals surface area contributed by atoms with Gasteiger partial charge in [0.1, 0.15) is 11.3 Å². The topological polar surface area (TPSA) is 104 Å². The molecule has 2 aliphatic carbocycles. The highest BCUT2D eigenvalue weighted by molar-refractivity contribution is 6.00. The molecule has 2 saturated carbocycles. The van der Waals surface area contributed by atoms with E-state index in [1.54, 1.807) is 0 Å². The lowest BCUT2D eigenvalue weighted by Crippen LogP contribution is -2.41. The van der Waals surface area contributed by atoms with Crippen molar-refractivity contribution in [2.75, 3.05) is 13.2 Å². The molecule has 19 heavy (non-hydrogen) atoms. The molecule has 98 valence electrons. The summed E-state index contributed by atoms with van der Waals surface area (Å²) < 4.78 is 11.3. The molecule has 0 radical (unpaired) electrons. The highest BCUT2D eigenvalue weighted by Gasteiger charge is 3.00. The number of hydrogen-bond donors (Lipinski definition) is 1. The summed E-state index contributed by atoms with van der Waals surface area (Å²) in [5.74, 6) is -1.12. The normalized spacial score (nSPS) is 43.8. The van der Waals surface area contributed by atoms with Crippen LogP contribution in [0, 0.1) is 38.9 Å². The van der Waals surface area contributed by atoms with Gasteiger partial charge in [0.15, 0.2) is 5.41 Å². The molecular weight excluding hydrogens is 244 g/mol. The van der Waals surface area contributed by atoms with Gasteiger partial charge < -0.3 is 15.2 Å². The minimum atomic E-state index is -1.34. The van der Waals surface area contributed by atoms with E-state index in [4.69, 9.17) is 15.2 Å². The fourth-order valence-corrected chi connectivity index (χ4v) is 4.92. The van der Waals surface area contributed by atoms with Gasteiger partial charge in [0.25, 0.3) is 5.91 Å². The average Bonchev–Trinajstić information content (AvgIpc) is 2.89. The van der Waals surface area contributed by atoms with Crippen molar-refractivity contribution in [1.82, 2.24) is 0 Å². The fourth-order valence-electron chi connectivity index (χ4n) is 4.92. The summed E-state index contributed by atoms with van der Waals surface area (Å²) in [6.45, 7) is 0.773. The number of fused-ring (bicyclic) bond motifs is 4. The zero-order valence-electron chi connectivity index (χ0n) is 10.5. The molecule has 6 heteroatoms. The van der Waals surface area contributed by atoms with Crippen LogP contribution in [0.25, 0.3) is 0 Å². The Kier molecular flexibility index (Phi) is 1.73. The van der Waals surface area contributed by atoms with Gasteiger partial charge >= 0.3 is 0 Å². The van der Waals surface area contributed by atoms with Crippen LogP contribution in [0.4, 0.5) is 0 Å². The summed E-state index contributed by atoms with van der Waals surface area (Å²) in [6.07, 6.45) is 3.66. The second-order valence-electron chi connectivity index (χ2n) is 5.79. The third-order valence-corrected chi connectivity index (χ3v) is 5.53. The Bertz CT molecular complexity index is 574. The molecule has 2 atom stereocenters. The molecular formula is C13H14N4O2. The lowest BCUT2D eigenvalue weighted by molar-refractivity contribution is -0.192. The highest BCUT2D eigenvalue weighted by Crippen LogP contribution is 2.89. The molecule has 0 bridgehead atoms. The Morgan fingerprint density at radius 2 is 1.74 bits per heavy atom. The van der Waals surface area contributed by atoms with Crippen LogP contribution >= 0.6 is 0 Å². The van der Waals surface area contributed by atoms with Crippen molar-refractivity contribution in [2.24, 2.45) is 27.0 Å². The van der Waals surface area contributed by atoms with Crippen LogP contribution in [0.2, 0.25) is 0 Å². The first kappa shape index (κ1) is 11.2. The third-order valence-electron chi connectivity index (χ3n) is 5.53. The van der Waals surface area contributed by atoms with E-state index >= 15 is 0 Å². The van der Waals surface area contributed by atoms with Gasteiger partial charge in [-0.15, -0.1) is 0 Å². The SMILES string of the molecule is N#CC12C(N)=NC3(OCCO3)C1(C#N)C21CCCC1. The number of hydrogen-bond acceptors (Lipinski definition) is 6. The Morgan fingerprint density at radius 1 is 1.11 bits per heavy atom. The maximum atomic E-state index is 9.84. The van der Waals surface area contributed by atoms with E-state index in [0.717, 1.165) is 25.7 Å². The summed E-state index contributed by atoms with van der Waals surface area (Å²) >= 11 is 0. The van der Waals surface area contributed by atoms with Gasteiger partial charge in [-0.3, -0.25) is 0 Å². The molecule has 2 N–H and O–H groups in total. The van der Waals surface area contributed by atoms with Crippen LogP contribution in [-0.4, -0.2) is 25.0 Å². The van der Waals surface area contributed by atoms with E-state index < -0.39 is 22.2 Å². The van der Waals surface area contributed by atoms with Crippen LogP contribution in [-0.2, 0) is 9.47 Å². The molecule has 2 aliphatic heterocycles. The van der Waals surface area contributed by atoms with E-state index in [1.165, 1.54) is 0 Å². The molecule has 2 heterocycles. The summed E-state index contributed by atoms with van der Waals surface area (Å²) in [6, 6.07) is 4.64. The first-order valence-electron chi connectivity index (χ1n) is 6.63. The van der Waals surface area contributed by atoms with Crippen LogP contribution in [0.1, 0.15) is 25.7 Å². The van der Waals surface area contributed by atoms with Crippen molar-refractivity contribution in [2.45, 2.75) is 31.6 Å². The van der Waals surface area contributed by atoms with Gasteiger partial charge in [0.05, 0.1) is 25.4 Å². The van der Waals surface area contributed by atoms with Gasteiger partial charge in [-0.05, 0) is 12.8 Å². The number of rotatable bonds is 0. The molecule has 0 aromatic heterocycles. The van der Waals surface area contributed by atoms with E-state index in [-0.39, 0.29) is 5.84 Å². The maximum absolute atomic E-state index is 9.84. The lowest BCUT2D eigenvalue weighted by atomic mass is 9.88. The van der Waals surface area contributed by atoms with Gasteiger partial charge in [-0.25, -0.2) is 4.99 Å². The molecule has 4 rings (SSSR count). The van der Waals surface area contributed by atoms with Crippen molar-refractivity contribution in [3.05, 3.63) is 0 Å². The lowest BCUT2D eigenvalue weighted by Gasteiger charge is -2.28. The first-order chi connectivity index (χ1) is 9.16. The zero-order chi connectivity index (χ0) is 13.4. The minimum Gasteiger partial charge on any atom is -0.386 e. The van der Waals surface area contributed by atoms with Gasteiger partial charge in [0, 0.05) is 5.41 Å². The number of nitrogens with two attached hydrogens (primary N) is 1. The molecule has 6 nitrogen and oxygen atoms in total. The largest absolute Gasteiger partial charge is 0.386 e. The van der Waals surface area contributed by atoms with Crippen molar-refractivity contribution < 1.29 is 9.47 Å². The zero-order valence-corrected chi connectivity index (χ0v) is 10.5. The number of amidine groups is 1. The molecule has 0 aromatic carbocycles. The monoisotopic (exact) mass is 258 g/mol. The summed E-state index contributed by atoms with van der Waals surface area (Å²) in [7, 11) is 0. The maximum Gasteiger partial charge on any atom is 0.293 e. The second-order valence-corrected chi connectivity index (χ2v) is 5.79. The number of ether oxygens (including phenoxy) is 2. The summed E-state index contributed by atoms with van der Waals surface area (Å²) in [4.78, 5) is 4.26. The molecule has 3 fully saturated rings. The summed E-state index contributed by atoms with van der Waals surface area (Å²) in [5, 5.41) is 19.6. The van der Waals surface area contributed by atoms with Crippen LogP contribution < -0.4 is 5.73 Å². The average molecular weight is 258 g/mol. The second kappa shape index (κ2) is 2.92. The molecule has 0 aromatic rings. The van der Waals surface area contributed by atoms with Crippen LogP contribution in [0.5, 0.6) is 0 Å². The van der Waals surface area contributed by atoms with E-state index in [2.05, 4.69) is 17.1 Å². The van der Waals surface area contributed by atoms with Crippen molar-refractivity contribution in [3.8, 4) is 12.1 Å². The quantitative estimate of drug-likeness (QED) is 0.687. The Labute approximate surface area is 110 Å². The number of nitrogens with zero attached hydrogens (tertiary/aromatic N) is 3. The van der Waals surface area contributed by atoms with Crippen molar-refractivity contribution in [3.63, 3.8) is 0 Å². The predicted octanol–water partition coefficient (Wildman–Crippen LogP) is 0.652. The molecule has 2 spiro atoms. The Balaban J connectivity index is 1.99. The van der Waals surface area contributed by atoms with E-state index in [9.17, 15) is 10.5 Å². The fraction of sp³-hybridized carbons (Fsp3) is 0.769. The van der Waals surface area contributed by atoms with Crippen LogP contribution in [0.3, 0.4) is 0 Å². The van der Waals surface area contributed by atoms with E-state index in [0.29, 0.717) is 13.2 Å². The molecule has 4 aliphatic rings. The van der Waals surface area contributed by atoms with Gasteiger partial charge in [-0.2, -0.15) is 10.5 Å². The standard InChI is InChI=1S/C13H14N4O2/c14-7-11-9(16)17-13(18-5-6-19-13)12(11,8-15)10(11)3-1-2-4-10/h1-6H2,(H2,16,17). The highest BCUT2D eigenvalue weighted by atomic mass is 16.8. The Morgan fingerprint density at radius 3 is 2.26 bits per heavy atom. The third kappa shape index (κ3) is 0.745. The predicted molar refractivity (Wildman–Crippen MR) is 63.3 cm³/mol. The van der Waals surface area contributed by atoms with Gasteiger partial charge in [-0.1, -0.05) is 12.8 Å². The van der Waals surface area contributed by atoms with E-state index in [1.807, 2.05) is 0 Å². The first-order valence-corrected chi connectivity index (χ1v) is 6.63. The molecule has 1 saturated heterocycles. The summed E-state index contributed by atoms with van der Waals surface area (Å²) in [5.41, 5.74) is 3.55. The molecule has 0 amide bonds. The molecule has 2 unspecified atom stereocenters. The number of nitriles is 2. The smallest absolute Gasteiger partial charge is 0.293 e. The van der Waals surface area contributed by atoms with Gasteiger partial charge in [0.2, 0.25) is 0 Å².